The molecule has 0 N–H and O–H groups in total. The van der Waals surface area contributed by atoms with Crippen LogP contribution >= 0.6 is 34.5 Å². The van der Waals surface area contributed by atoms with Gasteiger partial charge in [0, 0.05) is 10.0 Å². The maximum absolute atomic E-state index is 6.20. The summed E-state index contributed by atoms with van der Waals surface area (Å²) in [6, 6.07) is 5.45. The lowest BCUT2D eigenvalue weighted by atomic mass is 10.1. The fourth-order valence-corrected chi connectivity index (χ4v) is 4.18. The van der Waals surface area contributed by atoms with Crippen molar-refractivity contribution in [3.63, 3.8) is 0 Å². The van der Waals surface area contributed by atoms with Crippen molar-refractivity contribution < 1.29 is 0 Å². The predicted molar refractivity (Wildman–Crippen MR) is 103 cm³/mol. The Labute approximate surface area is 159 Å². The summed E-state index contributed by atoms with van der Waals surface area (Å²) >= 11 is 13.6. The minimum atomic E-state index is 0.623. The molecule has 5 nitrogen and oxygen atoms in total. The van der Waals surface area contributed by atoms with Gasteiger partial charge in [0.1, 0.15) is 5.01 Å². The van der Waals surface area contributed by atoms with Crippen molar-refractivity contribution in [3.8, 4) is 0 Å². The number of nitrogens with zero attached hydrogens (tertiary/aromatic N) is 5. The second kappa shape index (κ2) is 7.41. The monoisotopic (exact) mass is 393 g/mol. The molecule has 25 heavy (non-hydrogen) atoms. The molecule has 1 saturated heterocycles. The average molecular weight is 394 g/mol. The number of fused-ring (bicyclic) bond motifs is 1. The molecule has 0 radical (unpaired) electrons. The first-order chi connectivity index (χ1) is 12.2. The molecule has 0 atom stereocenters. The SMILES string of the molecule is Clc1ccc(C=Cc2nn3c(CN4CCCCC4)nnc3s2)c(Cl)c1. The van der Waals surface area contributed by atoms with Gasteiger partial charge in [0.25, 0.3) is 0 Å². The molecule has 2 aromatic heterocycles. The Hall–Kier alpha value is -1.47. The maximum atomic E-state index is 6.20. The van der Waals surface area contributed by atoms with E-state index in [1.165, 1.54) is 30.6 Å². The van der Waals surface area contributed by atoms with Gasteiger partial charge in [0.15, 0.2) is 5.82 Å². The second-order valence-electron chi connectivity index (χ2n) is 6.09. The molecular formula is C17H17Cl2N5S. The molecule has 0 aliphatic carbocycles. The van der Waals surface area contributed by atoms with Crippen LogP contribution in [0.5, 0.6) is 0 Å². The summed E-state index contributed by atoms with van der Waals surface area (Å²) in [4.78, 5) is 3.23. The van der Waals surface area contributed by atoms with Gasteiger partial charge in [-0.2, -0.15) is 9.61 Å². The Balaban J connectivity index is 1.54. The van der Waals surface area contributed by atoms with Gasteiger partial charge in [0.05, 0.1) is 6.54 Å². The van der Waals surface area contributed by atoms with Crippen LogP contribution in [-0.2, 0) is 6.54 Å². The molecule has 0 amide bonds. The molecule has 3 heterocycles. The third kappa shape index (κ3) is 3.87. The van der Waals surface area contributed by atoms with E-state index >= 15 is 0 Å². The van der Waals surface area contributed by atoms with Crippen LogP contribution in [0.4, 0.5) is 0 Å². The summed E-state index contributed by atoms with van der Waals surface area (Å²) in [7, 11) is 0. The van der Waals surface area contributed by atoms with Gasteiger partial charge in [-0.05, 0) is 49.7 Å². The van der Waals surface area contributed by atoms with E-state index in [9.17, 15) is 0 Å². The highest BCUT2D eigenvalue weighted by atomic mass is 35.5. The number of hydrogen-bond donors (Lipinski definition) is 0. The lowest BCUT2D eigenvalue weighted by Gasteiger charge is -2.25. The normalized spacial score (nSPS) is 16.2. The predicted octanol–water partition coefficient (Wildman–Crippen LogP) is 4.65. The van der Waals surface area contributed by atoms with Crippen LogP contribution in [-0.4, -0.2) is 37.8 Å². The minimum Gasteiger partial charge on any atom is -0.296 e. The second-order valence-corrected chi connectivity index (χ2v) is 7.92. The van der Waals surface area contributed by atoms with E-state index in [4.69, 9.17) is 23.2 Å². The van der Waals surface area contributed by atoms with Crippen LogP contribution in [0.15, 0.2) is 18.2 Å². The number of hydrogen-bond acceptors (Lipinski definition) is 5. The average Bonchev–Trinajstić information content (AvgIpc) is 3.17. The summed E-state index contributed by atoms with van der Waals surface area (Å²) in [6.45, 7) is 3.05. The first-order valence-corrected chi connectivity index (χ1v) is 9.83. The Morgan fingerprint density at radius 2 is 1.92 bits per heavy atom. The van der Waals surface area contributed by atoms with Gasteiger partial charge < -0.3 is 0 Å². The topological polar surface area (TPSA) is 46.3 Å². The van der Waals surface area contributed by atoms with Crippen LogP contribution in [0.3, 0.4) is 0 Å². The molecule has 0 unspecified atom stereocenters. The van der Waals surface area contributed by atoms with Gasteiger partial charge in [-0.3, -0.25) is 4.90 Å². The highest BCUT2D eigenvalue weighted by Gasteiger charge is 2.16. The molecule has 0 bridgehead atoms. The maximum Gasteiger partial charge on any atom is 0.235 e. The van der Waals surface area contributed by atoms with E-state index in [1.807, 2.05) is 28.8 Å². The summed E-state index contributed by atoms with van der Waals surface area (Å²) in [5.41, 5.74) is 0.908. The van der Waals surface area contributed by atoms with Crippen molar-refractivity contribution in [2.75, 3.05) is 13.1 Å². The zero-order chi connectivity index (χ0) is 17.2. The number of aromatic nitrogens is 4. The molecule has 0 saturated carbocycles. The summed E-state index contributed by atoms with van der Waals surface area (Å²) in [5, 5.41) is 15.3. The number of halogens is 2. The van der Waals surface area contributed by atoms with Crippen molar-refractivity contribution in [2.45, 2.75) is 25.8 Å². The van der Waals surface area contributed by atoms with E-state index in [0.717, 1.165) is 41.0 Å². The highest BCUT2D eigenvalue weighted by Crippen LogP contribution is 2.24. The van der Waals surface area contributed by atoms with Crippen LogP contribution in [0.1, 0.15) is 35.7 Å². The molecule has 0 spiro atoms. The largest absolute Gasteiger partial charge is 0.296 e. The molecule has 1 aliphatic heterocycles. The fourth-order valence-electron chi connectivity index (χ4n) is 2.95. The van der Waals surface area contributed by atoms with Gasteiger partial charge in [-0.25, -0.2) is 0 Å². The van der Waals surface area contributed by atoms with Crippen molar-refractivity contribution in [2.24, 2.45) is 0 Å². The van der Waals surface area contributed by atoms with Crippen molar-refractivity contribution in [1.82, 2.24) is 24.7 Å². The molecule has 3 aromatic rings. The number of benzene rings is 1. The Kier molecular flexibility index (Phi) is 5.03. The van der Waals surface area contributed by atoms with Gasteiger partial charge in [0.2, 0.25) is 4.96 Å². The standard InChI is InChI=1S/C17H17Cl2N5S/c18-13-6-4-12(14(19)10-13)5-7-16-22-24-15(20-21-17(24)25-16)11-23-8-2-1-3-9-23/h4-7,10H,1-3,8-9,11H2. The Bertz CT molecular complexity index is 911. The summed E-state index contributed by atoms with van der Waals surface area (Å²) in [6.07, 6.45) is 7.72. The Morgan fingerprint density at radius 3 is 2.72 bits per heavy atom. The van der Waals surface area contributed by atoms with Gasteiger partial charge >= 0.3 is 0 Å². The van der Waals surface area contributed by atoms with Crippen molar-refractivity contribution >= 4 is 51.7 Å². The summed E-state index contributed by atoms with van der Waals surface area (Å²) in [5.74, 6) is 0.900. The first kappa shape index (κ1) is 17.0. The number of rotatable bonds is 4. The molecule has 8 heteroatoms. The molecule has 1 fully saturated rings. The van der Waals surface area contributed by atoms with Crippen molar-refractivity contribution in [3.05, 3.63) is 44.6 Å². The fraction of sp³-hybridized carbons (Fsp3) is 0.353. The van der Waals surface area contributed by atoms with Crippen molar-refractivity contribution in [1.29, 1.82) is 0 Å². The van der Waals surface area contributed by atoms with Crippen LogP contribution in [0, 0.1) is 0 Å². The lowest BCUT2D eigenvalue weighted by molar-refractivity contribution is 0.214. The Morgan fingerprint density at radius 1 is 1.08 bits per heavy atom. The van der Waals surface area contributed by atoms with Crippen LogP contribution in [0.25, 0.3) is 17.1 Å². The van der Waals surface area contributed by atoms with E-state index in [0.29, 0.717) is 10.0 Å². The minimum absolute atomic E-state index is 0.623. The summed E-state index contributed by atoms with van der Waals surface area (Å²) < 4.78 is 1.85. The lowest BCUT2D eigenvalue weighted by Crippen LogP contribution is -2.30. The smallest absolute Gasteiger partial charge is 0.235 e. The third-order valence-corrected chi connectivity index (χ3v) is 5.68. The van der Waals surface area contributed by atoms with E-state index in [-0.39, 0.29) is 0 Å². The van der Waals surface area contributed by atoms with E-state index in [2.05, 4.69) is 20.2 Å². The van der Waals surface area contributed by atoms with E-state index in [1.54, 1.807) is 6.07 Å². The van der Waals surface area contributed by atoms with Crippen LogP contribution < -0.4 is 0 Å². The third-order valence-electron chi connectivity index (χ3n) is 4.25. The molecule has 1 aliphatic rings. The van der Waals surface area contributed by atoms with Gasteiger partial charge in [-0.15, -0.1) is 10.2 Å². The number of piperidine rings is 1. The highest BCUT2D eigenvalue weighted by molar-refractivity contribution is 7.17. The zero-order valence-corrected chi connectivity index (χ0v) is 15.9. The quantitative estimate of drug-likeness (QED) is 0.646. The van der Waals surface area contributed by atoms with Crippen LogP contribution in [0.2, 0.25) is 10.0 Å². The molecular weight excluding hydrogens is 377 g/mol. The van der Waals surface area contributed by atoms with E-state index < -0.39 is 0 Å². The molecule has 4 rings (SSSR count). The van der Waals surface area contributed by atoms with Gasteiger partial charge in [-0.1, -0.05) is 53.1 Å². The zero-order valence-electron chi connectivity index (χ0n) is 13.5. The number of likely N-dealkylation sites (tertiary alicyclic amines) is 1. The molecule has 1 aromatic carbocycles. The molecule has 130 valence electrons. The first-order valence-electron chi connectivity index (χ1n) is 8.26.